The first-order chi connectivity index (χ1) is 18.9. The van der Waals surface area contributed by atoms with Gasteiger partial charge in [-0.1, -0.05) is 67.9 Å². The molecule has 0 bridgehead atoms. The molecule has 3 aromatic carbocycles. The number of nitrogens with zero attached hydrogens (tertiary/aromatic N) is 3. The number of aryl methyl sites for hydroxylation is 1. The Bertz CT molecular complexity index is 1590. The second-order valence-corrected chi connectivity index (χ2v) is 9.94. The van der Waals surface area contributed by atoms with Gasteiger partial charge in [-0.2, -0.15) is 0 Å². The number of nitrogens with one attached hydrogen (secondary N) is 1. The highest BCUT2D eigenvalue weighted by Crippen LogP contribution is 2.30. The van der Waals surface area contributed by atoms with Gasteiger partial charge in [0.2, 0.25) is 5.91 Å². The fraction of sp³-hybridized carbons (Fsp3) is 0.258. The van der Waals surface area contributed by atoms with Crippen molar-refractivity contribution in [1.82, 2.24) is 19.9 Å². The molecule has 2 aromatic heterocycles. The first-order valence-electron chi connectivity index (χ1n) is 13.3. The molecule has 39 heavy (non-hydrogen) atoms. The number of phenols is 1. The molecule has 0 saturated heterocycles. The number of para-hydroxylation sites is 1. The van der Waals surface area contributed by atoms with Crippen LogP contribution in [-0.4, -0.2) is 31.6 Å². The monoisotopic (exact) mass is 522 g/mol. The van der Waals surface area contributed by atoms with Gasteiger partial charge in [0, 0.05) is 24.9 Å². The van der Waals surface area contributed by atoms with E-state index in [9.17, 15) is 9.90 Å². The summed E-state index contributed by atoms with van der Waals surface area (Å²) in [5.74, 6) is 1.44. The maximum Gasteiger partial charge on any atom is 0.237 e. The molecule has 1 atom stereocenters. The number of imidazole rings is 1. The Labute approximate surface area is 227 Å². The smallest absolute Gasteiger partial charge is 0.237 e. The molecule has 2 heterocycles. The first kappa shape index (κ1) is 26.2. The summed E-state index contributed by atoms with van der Waals surface area (Å²) in [4.78, 5) is 22.0. The fourth-order valence-corrected chi connectivity index (χ4v) is 4.84. The predicted octanol–water partition coefficient (Wildman–Crippen LogP) is 4.45. The highest BCUT2D eigenvalue weighted by molar-refractivity contribution is 6.06. The molecule has 5 rings (SSSR count). The van der Waals surface area contributed by atoms with E-state index in [-0.39, 0.29) is 11.7 Å². The number of aromatic nitrogens is 3. The summed E-state index contributed by atoms with van der Waals surface area (Å²) < 4.78 is 2.27. The van der Waals surface area contributed by atoms with Gasteiger partial charge in [-0.15, -0.1) is 0 Å². The molecule has 1 amide bonds. The zero-order valence-corrected chi connectivity index (χ0v) is 22.1. The van der Waals surface area contributed by atoms with Crippen LogP contribution in [0.3, 0.4) is 0 Å². The minimum atomic E-state index is -0.665. The molecule has 8 nitrogen and oxygen atoms in total. The van der Waals surface area contributed by atoms with E-state index in [1.165, 1.54) is 0 Å². The normalized spacial score (nSPS) is 12.2. The summed E-state index contributed by atoms with van der Waals surface area (Å²) in [7, 11) is 0. The average molecular weight is 523 g/mol. The van der Waals surface area contributed by atoms with Crippen LogP contribution in [0.5, 0.6) is 5.75 Å². The average Bonchev–Trinajstić information content (AvgIpc) is 3.31. The molecule has 0 radical (unpaired) electrons. The summed E-state index contributed by atoms with van der Waals surface area (Å²) in [6, 6.07) is 22.3. The van der Waals surface area contributed by atoms with Gasteiger partial charge in [-0.25, -0.2) is 9.97 Å². The summed E-state index contributed by atoms with van der Waals surface area (Å²) in [6.07, 6.45) is 3.39. The van der Waals surface area contributed by atoms with Gasteiger partial charge in [0.05, 0.1) is 17.1 Å². The highest BCUT2D eigenvalue weighted by Gasteiger charge is 2.18. The van der Waals surface area contributed by atoms with Crippen molar-refractivity contribution in [2.75, 3.05) is 5.73 Å². The third kappa shape index (κ3) is 5.86. The number of benzene rings is 3. The molecule has 8 heteroatoms. The van der Waals surface area contributed by atoms with Crippen LogP contribution in [0.2, 0.25) is 0 Å². The second-order valence-electron chi connectivity index (χ2n) is 9.94. The lowest BCUT2D eigenvalue weighted by Gasteiger charge is -2.14. The Balaban J connectivity index is 1.31. The number of unbranched alkanes of at least 4 members (excludes halogenated alkanes) is 1. The van der Waals surface area contributed by atoms with Crippen molar-refractivity contribution in [3.63, 3.8) is 0 Å². The van der Waals surface area contributed by atoms with Crippen LogP contribution in [-0.2, 0) is 30.7 Å². The number of amides is 1. The standard InChI is InChI=1S/C31H34N6O2/c1-2-3-8-27-36-28-29(24-6-4-5-7-26(24)35-30(28)33)37(27)19-22-11-9-21(10-12-22)18-34-31(39)25(32)17-20-13-15-23(38)16-14-20/h4-7,9-16,25,38H,2-3,8,17-19,32H2,1H3,(H2,33,35)(H,34,39)/t25-/m0/s1. The molecular formula is C31H34N6O2. The van der Waals surface area contributed by atoms with E-state index in [0.717, 1.165) is 63.7 Å². The number of carbonyl (C=O) groups excluding carboxylic acids is 1. The second kappa shape index (κ2) is 11.5. The molecule has 0 unspecified atom stereocenters. The van der Waals surface area contributed by atoms with Crippen LogP contribution in [0.1, 0.15) is 42.3 Å². The number of hydrogen-bond acceptors (Lipinski definition) is 6. The van der Waals surface area contributed by atoms with Crippen molar-refractivity contribution >= 4 is 33.7 Å². The molecule has 0 fully saturated rings. The number of rotatable bonds is 10. The molecular weight excluding hydrogens is 488 g/mol. The maximum absolute atomic E-state index is 12.5. The zero-order valence-electron chi connectivity index (χ0n) is 22.1. The third-order valence-electron chi connectivity index (χ3n) is 7.00. The number of hydrogen-bond donors (Lipinski definition) is 4. The molecule has 0 spiro atoms. The van der Waals surface area contributed by atoms with Crippen molar-refractivity contribution in [3.05, 3.63) is 95.3 Å². The van der Waals surface area contributed by atoms with E-state index in [4.69, 9.17) is 16.5 Å². The van der Waals surface area contributed by atoms with Crippen LogP contribution in [0.4, 0.5) is 5.82 Å². The Morgan fingerprint density at radius 1 is 0.974 bits per heavy atom. The number of carbonyl (C=O) groups is 1. The van der Waals surface area contributed by atoms with Gasteiger partial charge in [-0.3, -0.25) is 4.79 Å². The molecule has 0 aliphatic heterocycles. The summed E-state index contributed by atoms with van der Waals surface area (Å²) in [5.41, 5.74) is 18.1. The number of fused-ring (bicyclic) bond motifs is 3. The largest absolute Gasteiger partial charge is 0.508 e. The van der Waals surface area contributed by atoms with E-state index < -0.39 is 6.04 Å². The van der Waals surface area contributed by atoms with Gasteiger partial charge in [-0.05, 0) is 47.7 Å². The van der Waals surface area contributed by atoms with Crippen LogP contribution in [0, 0.1) is 0 Å². The SMILES string of the molecule is CCCCc1nc2c(N)nc3ccccc3c2n1Cc1ccc(CNC(=O)[C@@H](N)Cc2ccc(O)cc2)cc1. The van der Waals surface area contributed by atoms with Gasteiger partial charge in [0.1, 0.15) is 17.1 Å². The number of anilines is 1. The molecule has 200 valence electrons. The lowest BCUT2D eigenvalue weighted by Crippen LogP contribution is -2.41. The molecule has 6 N–H and O–H groups in total. The minimum absolute atomic E-state index is 0.188. The van der Waals surface area contributed by atoms with Crippen molar-refractivity contribution in [1.29, 1.82) is 0 Å². The van der Waals surface area contributed by atoms with Crippen molar-refractivity contribution in [3.8, 4) is 5.75 Å². The predicted molar refractivity (Wildman–Crippen MR) is 155 cm³/mol. The molecule has 0 aliphatic carbocycles. The third-order valence-corrected chi connectivity index (χ3v) is 7.00. The Kier molecular flexibility index (Phi) is 7.74. The van der Waals surface area contributed by atoms with E-state index in [2.05, 4.69) is 40.0 Å². The summed E-state index contributed by atoms with van der Waals surface area (Å²) >= 11 is 0. The molecule has 5 aromatic rings. The van der Waals surface area contributed by atoms with Crippen LogP contribution in [0.25, 0.3) is 21.9 Å². The maximum atomic E-state index is 12.5. The van der Waals surface area contributed by atoms with Crippen LogP contribution < -0.4 is 16.8 Å². The van der Waals surface area contributed by atoms with Gasteiger partial charge < -0.3 is 26.5 Å². The van der Waals surface area contributed by atoms with Gasteiger partial charge >= 0.3 is 0 Å². The summed E-state index contributed by atoms with van der Waals surface area (Å²) in [5, 5.41) is 13.4. The minimum Gasteiger partial charge on any atom is -0.508 e. The van der Waals surface area contributed by atoms with Crippen LogP contribution in [0.15, 0.2) is 72.8 Å². The van der Waals surface area contributed by atoms with E-state index >= 15 is 0 Å². The summed E-state index contributed by atoms with van der Waals surface area (Å²) in [6.45, 7) is 3.23. The number of nitrogens with two attached hydrogens (primary N) is 2. The number of phenolic OH excluding ortho intramolecular Hbond substituents is 1. The molecule has 0 aliphatic rings. The van der Waals surface area contributed by atoms with Crippen molar-refractivity contribution in [2.24, 2.45) is 5.73 Å². The van der Waals surface area contributed by atoms with E-state index in [1.807, 2.05) is 30.3 Å². The van der Waals surface area contributed by atoms with Crippen molar-refractivity contribution < 1.29 is 9.90 Å². The zero-order chi connectivity index (χ0) is 27.4. The van der Waals surface area contributed by atoms with Crippen molar-refractivity contribution in [2.45, 2.75) is 51.7 Å². The number of pyridine rings is 1. The fourth-order valence-electron chi connectivity index (χ4n) is 4.84. The number of aromatic hydroxyl groups is 1. The van der Waals surface area contributed by atoms with Gasteiger partial charge in [0.15, 0.2) is 5.82 Å². The van der Waals surface area contributed by atoms with E-state index in [1.54, 1.807) is 24.3 Å². The Morgan fingerprint density at radius 2 is 1.67 bits per heavy atom. The topological polar surface area (TPSA) is 132 Å². The highest BCUT2D eigenvalue weighted by atomic mass is 16.3. The van der Waals surface area contributed by atoms with Crippen LogP contribution >= 0.6 is 0 Å². The molecule has 0 saturated carbocycles. The quantitative estimate of drug-likeness (QED) is 0.214. The lowest BCUT2D eigenvalue weighted by atomic mass is 10.1. The lowest BCUT2D eigenvalue weighted by molar-refractivity contribution is -0.122. The van der Waals surface area contributed by atoms with E-state index in [0.29, 0.717) is 25.3 Å². The first-order valence-corrected chi connectivity index (χ1v) is 13.3. The number of nitrogen functional groups attached to an aromatic ring is 1. The Hall–Kier alpha value is -4.43. The van der Waals surface area contributed by atoms with Gasteiger partial charge in [0.25, 0.3) is 0 Å². The Morgan fingerprint density at radius 3 is 2.41 bits per heavy atom.